The van der Waals surface area contributed by atoms with Crippen molar-refractivity contribution < 1.29 is 9.18 Å². The quantitative estimate of drug-likeness (QED) is 0.903. The average molecular weight is 290 g/mol. The molecule has 0 aliphatic heterocycles. The zero-order valence-electron chi connectivity index (χ0n) is 10.3. The highest BCUT2D eigenvalue weighted by Gasteiger charge is 2.50. The third-order valence-corrected chi connectivity index (χ3v) is 3.95. The number of nitrogens with one attached hydrogen (secondary N) is 1. The Kier molecular flexibility index (Phi) is 2.98. The smallest absolute Gasteiger partial charge is 0.228 e. The van der Waals surface area contributed by atoms with Crippen molar-refractivity contribution in [3.05, 3.63) is 52.8 Å². The fourth-order valence-corrected chi connectivity index (χ4v) is 3.00. The highest BCUT2D eigenvalue weighted by Crippen LogP contribution is 2.47. The predicted molar refractivity (Wildman–Crippen MR) is 73.3 cm³/mol. The van der Waals surface area contributed by atoms with Crippen LogP contribution in [0.15, 0.2) is 41.4 Å². The number of primary amides is 1. The van der Waals surface area contributed by atoms with Gasteiger partial charge in [0.2, 0.25) is 11.6 Å². The number of H-pyrrole nitrogens is 1. The van der Waals surface area contributed by atoms with Gasteiger partial charge in [0.25, 0.3) is 0 Å². The summed E-state index contributed by atoms with van der Waals surface area (Å²) in [6, 6.07) is 1.79. The standard InChI is InChI=1S/C13H11FN4OS/c14-13(12-16-7-17-18-12)9(8-4-5-20-6-8)2-1-3-10(13)11(15)19/h1-7,10H,(H2,15,19)(H,16,17,18). The molecule has 2 atom stereocenters. The topological polar surface area (TPSA) is 84.7 Å². The monoisotopic (exact) mass is 290 g/mol. The number of amides is 1. The summed E-state index contributed by atoms with van der Waals surface area (Å²) in [5.74, 6) is -1.99. The molecule has 2 aromatic heterocycles. The lowest BCUT2D eigenvalue weighted by atomic mass is 9.76. The lowest BCUT2D eigenvalue weighted by molar-refractivity contribution is -0.123. The van der Waals surface area contributed by atoms with E-state index in [1.165, 1.54) is 23.7 Å². The number of aromatic nitrogens is 3. The highest BCUT2D eigenvalue weighted by atomic mass is 32.1. The van der Waals surface area contributed by atoms with E-state index < -0.39 is 17.5 Å². The van der Waals surface area contributed by atoms with Crippen molar-refractivity contribution in [2.45, 2.75) is 5.67 Å². The summed E-state index contributed by atoms with van der Waals surface area (Å²) in [4.78, 5) is 15.5. The molecule has 1 aliphatic carbocycles. The molecular formula is C13H11FN4OS. The summed E-state index contributed by atoms with van der Waals surface area (Å²) >= 11 is 1.44. The lowest BCUT2D eigenvalue weighted by Crippen LogP contribution is -2.41. The Labute approximate surface area is 118 Å². The molecule has 3 N–H and O–H groups in total. The van der Waals surface area contributed by atoms with Crippen LogP contribution in [-0.2, 0) is 10.5 Å². The molecule has 0 fully saturated rings. The minimum Gasteiger partial charge on any atom is -0.369 e. The molecule has 0 spiro atoms. The summed E-state index contributed by atoms with van der Waals surface area (Å²) < 4.78 is 15.7. The third-order valence-electron chi connectivity index (χ3n) is 3.27. The number of carbonyl (C=O) groups is 1. The van der Waals surface area contributed by atoms with Crippen molar-refractivity contribution in [3.63, 3.8) is 0 Å². The number of halogens is 1. The molecule has 3 rings (SSSR count). The van der Waals surface area contributed by atoms with E-state index in [0.717, 1.165) is 0 Å². The van der Waals surface area contributed by atoms with Crippen molar-refractivity contribution in [2.24, 2.45) is 11.7 Å². The average Bonchev–Trinajstić information content (AvgIpc) is 3.12. The minimum atomic E-state index is -2.17. The summed E-state index contributed by atoms with van der Waals surface area (Å²) in [6.45, 7) is 0. The zero-order chi connectivity index (χ0) is 14.2. The van der Waals surface area contributed by atoms with E-state index in [0.29, 0.717) is 11.1 Å². The number of alkyl halides is 1. The van der Waals surface area contributed by atoms with E-state index in [2.05, 4.69) is 15.2 Å². The molecule has 2 aromatic rings. The van der Waals surface area contributed by atoms with Gasteiger partial charge in [0, 0.05) is 5.57 Å². The number of carbonyl (C=O) groups excluding carboxylic acids is 1. The van der Waals surface area contributed by atoms with Crippen LogP contribution >= 0.6 is 11.3 Å². The Bertz CT molecular complexity index is 677. The number of nitrogens with zero attached hydrogens (tertiary/aromatic N) is 2. The fourth-order valence-electron chi connectivity index (χ4n) is 2.34. The molecule has 5 nitrogen and oxygen atoms in total. The van der Waals surface area contributed by atoms with Crippen molar-refractivity contribution in [1.82, 2.24) is 15.2 Å². The molecule has 102 valence electrons. The van der Waals surface area contributed by atoms with E-state index in [1.807, 2.05) is 10.8 Å². The number of nitrogens with two attached hydrogens (primary N) is 1. The van der Waals surface area contributed by atoms with Gasteiger partial charge in [0.15, 0.2) is 5.82 Å². The first-order valence-electron chi connectivity index (χ1n) is 5.90. The first-order chi connectivity index (χ1) is 9.64. The summed E-state index contributed by atoms with van der Waals surface area (Å²) in [5, 5.41) is 9.94. The van der Waals surface area contributed by atoms with Gasteiger partial charge in [-0.15, -0.1) is 0 Å². The Morgan fingerprint density at radius 1 is 1.55 bits per heavy atom. The van der Waals surface area contributed by atoms with E-state index in [4.69, 9.17) is 5.73 Å². The molecule has 20 heavy (non-hydrogen) atoms. The second kappa shape index (κ2) is 4.68. The number of hydrogen-bond donors (Lipinski definition) is 2. The number of aromatic amines is 1. The summed E-state index contributed by atoms with van der Waals surface area (Å²) in [6.07, 6.45) is 5.97. The van der Waals surface area contributed by atoms with E-state index in [-0.39, 0.29) is 5.82 Å². The number of rotatable bonds is 3. The maximum Gasteiger partial charge on any atom is 0.228 e. The van der Waals surface area contributed by atoms with Crippen molar-refractivity contribution in [3.8, 4) is 0 Å². The first kappa shape index (κ1) is 12.7. The molecule has 0 saturated carbocycles. The summed E-state index contributed by atoms with van der Waals surface area (Å²) in [7, 11) is 0. The number of hydrogen-bond acceptors (Lipinski definition) is 4. The zero-order valence-corrected chi connectivity index (χ0v) is 11.1. The predicted octanol–water partition coefficient (Wildman–Crippen LogP) is 1.79. The normalized spacial score (nSPS) is 25.4. The second-order valence-corrected chi connectivity index (χ2v) is 5.17. The molecule has 0 radical (unpaired) electrons. The Morgan fingerprint density at radius 3 is 3.00 bits per heavy atom. The molecule has 0 bridgehead atoms. The van der Waals surface area contributed by atoms with Crippen LogP contribution in [0, 0.1) is 5.92 Å². The lowest BCUT2D eigenvalue weighted by Gasteiger charge is -2.32. The van der Waals surface area contributed by atoms with Crippen LogP contribution in [0.25, 0.3) is 5.57 Å². The van der Waals surface area contributed by atoms with Crippen molar-refractivity contribution in [1.29, 1.82) is 0 Å². The van der Waals surface area contributed by atoms with Crippen LogP contribution in [-0.4, -0.2) is 21.1 Å². The second-order valence-electron chi connectivity index (χ2n) is 4.39. The van der Waals surface area contributed by atoms with Crippen LogP contribution in [0.1, 0.15) is 11.4 Å². The molecule has 0 aromatic carbocycles. The maximum atomic E-state index is 15.7. The van der Waals surface area contributed by atoms with Gasteiger partial charge >= 0.3 is 0 Å². The van der Waals surface area contributed by atoms with Gasteiger partial charge in [-0.05, 0) is 22.4 Å². The van der Waals surface area contributed by atoms with Crippen LogP contribution in [0.5, 0.6) is 0 Å². The number of thiophene rings is 1. The first-order valence-corrected chi connectivity index (χ1v) is 6.84. The Morgan fingerprint density at radius 2 is 2.40 bits per heavy atom. The largest absolute Gasteiger partial charge is 0.369 e. The van der Waals surface area contributed by atoms with Gasteiger partial charge in [0.05, 0.1) is 0 Å². The molecule has 1 amide bonds. The van der Waals surface area contributed by atoms with E-state index in [1.54, 1.807) is 18.2 Å². The van der Waals surface area contributed by atoms with Crippen molar-refractivity contribution in [2.75, 3.05) is 0 Å². The minimum absolute atomic E-state index is 0.0944. The molecule has 1 aliphatic rings. The van der Waals surface area contributed by atoms with Gasteiger partial charge in [-0.2, -0.15) is 16.4 Å². The van der Waals surface area contributed by atoms with Gasteiger partial charge < -0.3 is 5.73 Å². The van der Waals surface area contributed by atoms with Crippen LogP contribution < -0.4 is 5.73 Å². The molecular weight excluding hydrogens is 279 g/mol. The van der Waals surface area contributed by atoms with Crippen LogP contribution in [0.4, 0.5) is 4.39 Å². The third kappa shape index (κ3) is 1.78. The Balaban J connectivity index is 2.19. The van der Waals surface area contributed by atoms with Gasteiger partial charge in [-0.3, -0.25) is 9.89 Å². The van der Waals surface area contributed by atoms with E-state index in [9.17, 15) is 4.79 Å². The number of allylic oxidation sites excluding steroid dienone is 3. The van der Waals surface area contributed by atoms with Crippen LogP contribution in [0.3, 0.4) is 0 Å². The molecule has 0 saturated heterocycles. The SMILES string of the molecule is NC(=O)C1C=CC=C(c2ccsc2)C1(F)c1nc[nH]n1. The van der Waals surface area contributed by atoms with Gasteiger partial charge in [-0.25, -0.2) is 9.37 Å². The maximum absolute atomic E-state index is 15.7. The van der Waals surface area contributed by atoms with E-state index >= 15 is 4.39 Å². The molecule has 7 heteroatoms. The van der Waals surface area contributed by atoms with Gasteiger partial charge in [0.1, 0.15) is 12.2 Å². The molecule has 2 unspecified atom stereocenters. The van der Waals surface area contributed by atoms with Gasteiger partial charge in [-0.1, -0.05) is 18.2 Å². The van der Waals surface area contributed by atoms with Crippen LogP contribution in [0.2, 0.25) is 0 Å². The molecule has 2 heterocycles. The summed E-state index contributed by atoms with van der Waals surface area (Å²) in [5.41, 5.74) is 4.21. The van der Waals surface area contributed by atoms with Crippen molar-refractivity contribution >= 4 is 22.8 Å². The Hall–Kier alpha value is -2.28. The highest BCUT2D eigenvalue weighted by molar-refractivity contribution is 7.08. The fraction of sp³-hybridized carbons (Fsp3) is 0.154.